The molecular formula is C16H25NO2. The van der Waals surface area contributed by atoms with E-state index in [4.69, 9.17) is 0 Å². The predicted molar refractivity (Wildman–Crippen MR) is 78.4 cm³/mol. The van der Waals surface area contributed by atoms with Crippen LogP contribution in [0.25, 0.3) is 0 Å². The average Bonchev–Trinajstić information content (AvgIpc) is 2.23. The molecule has 2 N–H and O–H groups in total. The van der Waals surface area contributed by atoms with Crippen LogP contribution in [0, 0.1) is 26.7 Å². The highest BCUT2D eigenvalue weighted by atomic mass is 16.3. The van der Waals surface area contributed by atoms with Crippen LogP contribution in [0.1, 0.15) is 47.3 Å². The van der Waals surface area contributed by atoms with Crippen molar-refractivity contribution >= 4 is 5.91 Å². The monoisotopic (exact) mass is 263 g/mol. The molecule has 0 aliphatic carbocycles. The Hall–Kier alpha value is -1.35. The fourth-order valence-electron chi connectivity index (χ4n) is 2.46. The standard InChI is InChI=1S/C16H25NO2/c1-10(2)6-14(18)9-17-16(19)15-12(4)7-11(3)8-13(15)5/h7-8,10,14,18H,6,9H2,1-5H3,(H,17,19). The molecule has 3 heteroatoms. The van der Waals surface area contributed by atoms with E-state index in [0.717, 1.165) is 22.3 Å². The van der Waals surface area contributed by atoms with Crippen LogP contribution < -0.4 is 5.32 Å². The second-order valence-corrected chi connectivity index (χ2v) is 5.77. The zero-order chi connectivity index (χ0) is 14.6. The lowest BCUT2D eigenvalue weighted by Gasteiger charge is -2.16. The number of benzene rings is 1. The van der Waals surface area contributed by atoms with Gasteiger partial charge in [-0.05, 0) is 44.2 Å². The Morgan fingerprint density at radius 2 is 1.74 bits per heavy atom. The fourth-order valence-corrected chi connectivity index (χ4v) is 2.46. The number of carbonyl (C=O) groups excluding carboxylic acids is 1. The maximum atomic E-state index is 12.2. The van der Waals surface area contributed by atoms with E-state index in [0.29, 0.717) is 18.9 Å². The minimum absolute atomic E-state index is 0.0993. The minimum atomic E-state index is -0.477. The maximum Gasteiger partial charge on any atom is 0.251 e. The van der Waals surface area contributed by atoms with E-state index in [9.17, 15) is 9.90 Å². The summed E-state index contributed by atoms with van der Waals surface area (Å²) in [6.07, 6.45) is 0.224. The first-order valence-corrected chi connectivity index (χ1v) is 6.85. The van der Waals surface area contributed by atoms with Crippen molar-refractivity contribution in [2.45, 2.75) is 47.1 Å². The molecule has 3 nitrogen and oxygen atoms in total. The van der Waals surface area contributed by atoms with E-state index in [-0.39, 0.29) is 5.91 Å². The first kappa shape index (κ1) is 15.7. The molecule has 1 amide bonds. The summed E-state index contributed by atoms with van der Waals surface area (Å²) < 4.78 is 0. The molecule has 19 heavy (non-hydrogen) atoms. The lowest BCUT2D eigenvalue weighted by molar-refractivity contribution is 0.0899. The minimum Gasteiger partial charge on any atom is -0.391 e. The fraction of sp³-hybridized carbons (Fsp3) is 0.562. The van der Waals surface area contributed by atoms with E-state index in [1.807, 2.05) is 32.9 Å². The number of nitrogens with one attached hydrogen (secondary N) is 1. The lowest BCUT2D eigenvalue weighted by atomic mass is 9.99. The molecule has 1 aromatic rings. The molecule has 0 spiro atoms. The van der Waals surface area contributed by atoms with Gasteiger partial charge in [-0.1, -0.05) is 31.5 Å². The highest BCUT2D eigenvalue weighted by Crippen LogP contribution is 2.16. The molecule has 0 aliphatic rings. The van der Waals surface area contributed by atoms with Crippen molar-refractivity contribution < 1.29 is 9.90 Å². The van der Waals surface area contributed by atoms with Crippen molar-refractivity contribution in [1.29, 1.82) is 0 Å². The summed E-state index contributed by atoms with van der Waals surface area (Å²) >= 11 is 0. The summed E-state index contributed by atoms with van der Waals surface area (Å²) in [4.78, 5) is 12.2. The predicted octanol–water partition coefficient (Wildman–Crippen LogP) is 2.75. The van der Waals surface area contributed by atoms with Gasteiger partial charge in [0, 0.05) is 12.1 Å². The molecule has 1 atom stereocenters. The third kappa shape index (κ3) is 4.67. The number of aryl methyl sites for hydroxylation is 3. The zero-order valence-corrected chi connectivity index (χ0v) is 12.6. The number of amides is 1. The van der Waals surface area contributed by atoms with Gasteiger partial charge in [0.15, 0.2) is 0 Å². The number of aliphatic hydroxyl groups is 1. The third-order valence-electron chi connectivity index (χ3n) is 3.15. The second-order valence-electron chi connectivity index (χ2n) is 5.77. The van der Waals surface area contributed by atoms with Gasteiger partial charge in [0.25, 0.3) is 5.91 Å². The van der Waals surface area contributed by atoms with Gasteiger partial charge in [-0.3, -0.25) is 4.79 Å². The molecule has 106 valence electrons. The molecule has 0 aromatic heterocycles. The number of aliphatic hydroxyl groups excluding tert-OH is 1. The Bertz CT molecular complexity index is 429. The summed E-state index contributed by atoms with van der Waals surface area (Å²) in [7, 11) is 0. The van der Waals surface area contributed by atoms with Crippen molar-refractivity contribution in [1.82, 2.24) is 5.32 Å². The van der Waals surface area contributed by atoms with Gasteiger partial charge in [0.1, 0.15) is 0 Å². The molecule has 1 unspecified atom stereocenters. The number of carbonyl (C=O) groups is 1. The molecule has 0 heterocycles. The number of hydrogen-bond donors (Lipinski definition) is 2. The molecule has 0 radical (unpaired) electrons. The van der Waals surface area contributed by atoms with Gasteiger partial charge in [-0.25, -0.2) is 0 Å². The summed E-state index contributed by atoms with van der Waals surface area (Å²) in [5.41, 5.74) is 3.84. The lowest BCUT2D eigenvalue weighted by Crippen LogP contribution is -2.33. The van der Waals surface area contributed by atoms with Gasteiger partial charge in [0.2, 0.25) is 0 Å². The molecular weight excluding hydrogens is 238 g/mol. The first-order chi connectivity index (χ1) is 8.81. The summed E-state index contributed by atoms with van der Waals surface area (Å²) in [5, 5.41) is 12.6. The van der Waals surface area contributed by atoms with Crippen LogP contribution in [0.2, 0.25) is 0 Å². The molecule has 1 aromatic carbocycles. The third-order valence-corrected chi connectivity index (χ3v) is 3.15. The molecule has 0 aliphatic heterocycles. The molecule has 0 saturated heterocycles. The number of rotatable bonds is 5. The Kier molecular flexibility index (Phi) is 5.55. The van der Waals surface area contributed by atoms with Crippen molar-refractivity contribution in [3.8, 4) is 0 Å². The largest absolute Gasteiger partial charge is 0.391 e. The van der Waals surface area contributed by atoms with E-state index in [1.54, 1.807) is 0 Å². The van der Waals surface area contributed by atoms with Crippen molar-refractivity contribution in [3.05, 3.63) is 34.4 Å². The van der Waals surface area contributed by atoms with Crippen LogP contribution in [-0.2, 0) is 0 Å². The van der Waals surface area contributed by atoms with E-state index >= 15 is 0 Å². The summed E-state index contributed by atoms with van der Waals surface area (Å²) in [6.45, 7) is 10.3. The van der Waals surface area contributed by atoms with Crippen molar-refractivity contribution in [2.75, 3.05) is 6.54 Å². The first-order valence-electron chi connectivity index (χ1n) is 6.85. The van der Waals surface area contributed by atoms with Gasteiger partial charge in [-0.2, -0.15) is 0 Å². The smallest absolute Gasteiger partial charge is 0.251 e. The Labute approximate surface area is 116 Å². The Morgan fingerprint density at radius 1 is 1.21 bits per heavy atom. The Morgan fingerprint density at radius 3 is 2.21 bits per heavy atom. The van der Waals surface area contributed by atoms with Crippen molar-refractivity contribution in [3.63, 3.8) is 0 Å². The second kappa shape index (κ2) is 6.71. The molecule has 0 saturated carbocycles. The van der Waals surface area contributed by atoms with Gasteiger partial charge >= 0.3 is 0 Å². The van der Waals surface area contributed by atoms with Crippen LogP contribution in [0.15, 0.2) is 12.1 Å². The maximum absolute atomic E-state index is 12.2. The van der Waals surface area contributed by atoms with E-state index in [2.05, 4.69) is 19.2 Å². The summed E-state index contributed by atoms with van der Waals surface area (Å²) in [5.74, 6) is 0.326. The molecule has 1 rings (SSSR count). The van der Waals surface area contributed by atoms with Gasteiger partial charge in [-0.15, -0.1) is 0 Å². The molecule has 0 fully saturated rings. The van der Waals surface area contributed by atoms with Crippen LogP contribution in [0.3, 0.4) is 0 Å². The van der Waals surface area contributed by atoms with Crippen LogP contribution >= 0.6 is 0 Å². The van der Waals surface area contributed by atoms with Gasteiger partial charge in [0.05, 0.1) is 6.10 Å². The van der Waals surface area contributed by atoms with Crippen LogP contribution in [0.5, 0.6) is 0 Å². The normalized spacial score (nSPS) is 12.6. The van der Waals surface area contributed by atoms with Crippen LogP contribution in [0.4, 0.5) is 0 Å². The Balaban J connectivity index is 2.69. The zero-order valence-electron chi connectivity index (χ0n) is 12.6. The van der Waals surface area contributed by atoms with Gasteiger partial charge < -0.3 is 10.4 Å². The highest BCUT2D eigenvalue weighted by Gasteiger charge is 2.14. The topological polar surface area (TPSA) is 49.3 Å². The quantitative estimate of drug-likeness (QED) is 0.858. The van der Waals surface area contributed by atoms with E-state index < -0.39 is 6.10 Å². The van der Waals surface area contributed by atoms with Crippen molar-refractivity contribution in [2.24, 2.45) is 5.92 Å². The average molecular weight is 263 g/mol. The summed E-state index contributed by atoms with van der Waals surface area (Å²) in [6, 6.07) is 4.01. The highest BCUT2D eigenvalue weighted by molar-refractivity contribution is 5.97. The number of hydrogen-bond acceptors (Lipinski definition) is 2. The molecule has 0 bridgehead atoms. The van der Waals surface area contributed by atoms with E-state index in [1.165, 1.54) is 0 Å². The van der Waals surface area contributed by atoms with Crippen LogP contribution in [-0.4, -0.2) is 23.7 Å². The SMILES string of the molecule is Cc1cc(C)c(C(=O)NCC(O)CC(C)C)c(C)c1.